The third-order valence-electron chi connectivity index (χ3n) is 4.21. The summed E-state index contributed by atoms with van der Waals surface area (Å²) in [5.41, 5.74) is 1.46. The Morgan fingerprint density at radius 2 is 1.53 bits per heavy atom. The van der Waals surface area contributed by atoms with E-state index >= 15 is 0 Å². The van der Waals surface area contributed by atoms with Gasteiger partial charge in [-0.05, 0) is 32.4 Å². The number of hydrogen-bond donors (Lipinski definition) is 1. The molecule has 0 bridgehead atoms. The fraction of sp³-hybridized carbons (Fsp3) is 0.350. The van der Waals surface area contributed by atoms with E-state index in [1.54, 1.807) is 38.1 Å². The molecule has 1 aliphatic rings. The Hall–Kier alpha value is -3.20. The van der Waals surface area contributed by atoms with Gasteiger partial charge in [-0.1, -0.05) is 29.8 Å². The van der Waals surface area contributed by atoms with Crippen molar-refractivity contribution in [2.75, 3.05) is 14.2 Å². The highest BCUT2D eigenvalue weighted by molar-refractivity contribution is 6.31. The summed E-state index contributed by atoms with van der Waals surface area (Å²) in [7, 11) is 2.34. The number of dihydropyridines is 1. The van der Waals surface area contributed by atoms with Gasteiger partial charge in [0.15, 0.2) is 6.10 Å². The number of carbonyl (C=O) groups is 3. The Balaban J connectivity index is 2.44. The van der Waals surface area contributed by atoms with Crippen LogP contribution in [-0.2, 0) is 28.5 Å². The first kappa shape index (κ1) is 23.1. The molecule has 30 heavy (non-hydrogen) atoms. The van der Waals surface area contributed by atoms with Crippen LogP contribution in [0.3, 0.4) is 0 Å². The third-order valence-corrected chi connectivity index (χ3v) is 4.56. The van der Waals surface area contributed by atoms with Crippen LogP contribution in [-0.4, -0.2) is 38.6 Å². The van der Waals surface area contributed by atoms with Crippen molar-refractivity contribution in [1.82, 2.24) is 5.32 Å². The molecule has 1 N–H and O–H groups in total. The van der Waals surface area contributed by atoms with Gasteiger partial charge in [-0.3, -0.25) is 0 Å². The molecule has 10 heteroatoms. The predicted molar refractivity (Wildman–Crippen MR) is 105 cm³/mol. The van der Waals surface area contributed by atoms with Crippen molar-refractivity contribution in [3.63, 3.8) is 0 Å². The molecule has 1 aromatic carbocycles. The molecule has 0 radical (unpaired) electrons. The number of allylic oxidation sites excluding steroid dienone is 2. The van der Waals surface area contributed by atoms with E-state index in [9.17, 15) is 14.4 Å². The molecular formula is C20H22ClNO8. The number of halogens is 1. The zero-order chi connectivity index (χ0) is 22.4. The summed E-state index contributed by atoms with van der Waals surface area (Å²) in [6, 6.07) is 6.81. The molecule has 1 aromatic rings. The van der Waals surface area contributed by atoms with Gasteiger partial charge in [-0.2, -0.15) is 0 Å². The van der Waals surface area contributed by atoms with Crippen LogP contribution in [0.5, 0.6) is 0 Å². The summed E-state index contributed by atoms with van der Waals surface area (Å²) in [4.78, 5) is 35.6. The first-order valence-electron chi connectivity index (χ1n) is 8.84. The Morgan fingerprint density at radius 3 is 2.07 bits per heavy atom. The van der Waals surface area contributed by atoms with Crippen LogP contribution < -0.4 is 5.32 Å². The average molecular weight is 440 g/mol. The highest BCUT2D eigenvalue weighted by Crippen LogP contribution is 2.42. The molecule has 0 spiro atoms. The van der Waals surface area contributed by atoms with Crippen LogP contribution in [0.1, 0.15) is 32.3 Å². The maximum atomic E-state index is 12.3. The zero-order valence-corrected chi connectivity index (χ0v) is 17.9. The van der Waals surface area contributed by atoms with Crippen molar-refractivity contribution < 1.29 is 38.1 Å². The van der Waals surface area contributed by atoms with Crippen LogP contribution in [0.15, 0.2) is 47.2 Å². The van der Waals surface area contributed by atoms with Gasteiger partial charge in [0.25, 0.3) is 0 Å². The van der Waals surface area contributed by atoms with Crippen molar-refractivity contribution in [1.29, 1.82) is 0 Å². The molecule has 2 rings (SSSR count). The topological polar surface area (TPSA) is 109 Å². The Labute approximate surface area is 178 Å². The summed E-state index contributed by atoms with van der Waals surface area (Å²) in [5.74, 6) is -1.40. The molecule has 1 aliphatic heterocycles. The minimum atomic E-state index is -1.18. The molecule has 1 heterocycles. The fourth-order valence-corrected chi connectivity index (χ4v) is 3.07. The van der Waals surface area contributed by atoms with E-state index < -0.39 is 30.3 Å². The number of carbonyl (C=O) groups excluding carboxylic acids is 3. The van der Waals surface area contributed by atoms with Crippen molar-refractivity contribution in [2.45, 2.75) is 32.8 Å². The van der Waals surface area contributed by atoms with E-state index in [0.29, 0.717) is 22.0 Å². The minimum Gasteiger partial charge on any atom is -0.466 e. The smallest absolute Gasteiger partial charge is 0.466 e. The molecule has 0 aliphatic carbocycles. The second-order valence-electron chi connectivity index (χ2n) is 6.25. The molecule has 162 valence electrons. The van der Waals surface area contributed by atoms with Gasteiger partial charge in [0.05, 0.1) is 25.6 Å². The lowest BCUT2D eigenvalue weighted by molar-refractivity contribution is -0.150. The first-order valence-corrected chi connectivity index (χ1v) is 9.22. The molecule has 0 saturated heterocycles. The number of nitrogens with one attached hydrogen (secondary N) is 1. The van der Waals surface area contributed by atoms with Crippen LogP contribution in [0.25, 0.3) is 0 Å². The van der Waals surface area contributed by atoms with E-state index in [0.717, 1.165) is 0 Å². The largest absolute Gasteiger partial charge is 0.514 e. The summed E-state index contributed by atoms with van der Waals surface area (Å²) in [6.45, 7) is 4.68. The van der Waals surface area contributed by atoms with Gasteiger partial charge in [-0.15, -0.1) is 0 Å². The second kappa shape index (κ2) is 10.0. The zero-order valence-electron chi connectivity index (χ0n) is 17.1. The quantitative estimate of drug-likeness (QED) is 0.537. The van der Waals surface area contributed by atoms with Crippen molar-refractivity contribution >= 4 is 29.9 Å². The third kappa shape index (κ3) is 5.24. The van der Waals surface area contributed by atoms with Crippen LogP contribution in [0, 0.1) is 0 Å². The molecule has 0 aromatic heterocycles. The number of benzene rings is 1. The van der Waals surface area contributed by atoms with Gasteiger partial charge in [0.2, 0.25) is 0 Å². The summed E-state index contributed by atoms with van der Waals surface area (Å²) in [5, 5.41) is 3.33. The maximum absolute atomic E-state index is 12.3. The molecule has 2 atom stereocenters. The van der Waals surface area contributed by atoms with Crippen LogP contribution >= 0.6 is 11.6 Å². The SMILES string of the molecule is COC(=O)OC1=C(C)NC(C)=C(OC(=O)OC(C)C(=O)OC)C1c1ccccc1Cl. The van der Waals surface area contributed by atoms with Gasteiger partial charge in [-0.25, -0.2) is 14.4 Å². The first-order chi connectivity index (χ1) is 14.2. The van der Waals surface area contributed by atoms with Crippen LogP contribution in [0.4, 0.5) is 9.59 Å². The van der Waals surface area contributed by atoms with E-state index in [4.69, 9.17) is 25.8 Å². The Kier molecular flexibility index (Phi) is 7.71. The normalized spacial score (nSPS) is 16.9. The monoisotopic (exact) mass is 439 g/mol. The van der Waals surface area contributed by atoms with E-state index in [-0.39, 0.29) is 11.5 Å². The average Bonchev–Trinajstić information content (AvgIpc) is 2.71. The lowest BCUT2D eigenvalue weighted by atomic mass is 9.90. The minimum absolute atomic E-state index is 0.0784. The number of methoxy groups -OCH3 is 2. The summed E-state index contributed by atoms with van der Waals surface area (Å²) < 4.78 is 24.8. The van der Waals surface area contributed by atoms with E-state index in [1.165, 1.54) is 21.1 Å². The van der Waals surface area contributed by atoms with E-state index in [1.807, 2.05) is 0 Å². The maximum Gasteiger partial charge on any atom is 0.514 e. The predicted octanol–water partition coefficient (Wildman–Crippen LogP) is 3.99. The van der Waals surface area contributed by atoms with Crippen molar-refractivity contribution in [3.05, 3.63) is 57.8 Å². The molecule has 9 nitrogen and oxygen atoms in total. The van der Waals surface area contributed by atoms with Gasteiger partial charge >= 0.3 is 18.3 Å². The molecule has 0 amide bonds. The van der Waals surface area contributed by atoms with Crippen molar-refractivity contribution in [3.8, 4) is 0 Å². The molecule has 0 saturated carbocycles. The van der Waals surface area contributed by atoms with E-state index in [2.05, 4.69) is 14.8 Å². The Morgan fingerprint density at radius 1 is 0.967 bits per heavy atom. The summed E-state index contributed by atoms with van der Waals surface area (Å²) >= 11 is 6.37. The number of rotatable bonds is 5. The second-order valence-corrected chi connectivity index (χ2v) is 6.66. The van der Waals surface area contributed by atoms with Crippen LogP contribution in [0.2, 0.25) is 5.02 Å². The summed E-state index contributed by atoms with van der Waals surface area (Å²) in [6.07, 6.45) is -3.27. The standard InChI is InChI=1S/C20H22ClNO8/c1-10-16(29-19(24)27-5)15(13-8-6-7-9-14(13)21)17(11(2)22-10)30-20(25)28-12(3)18(23)26-4/h6-9,12,15,22H,1-5H3. The molecule has 0 fully saturated rings. The number of hydrogen-bond acceptors (Lipinski definition) is 9. The van der Waals surface area contributed by atoms with Gasteiger partial charge in [0, 0.05) is 5.02 Å². The van der Waals surface area contributed by atoms with Crippen molar-refractivity contribution in [2.24, 2.45) is 0 Å². The molecular weight excluding hydrogens is 418 g/mol. The van der Waals surface area contributed by atoms with Gasteiger partial charge in [0.1, 0.15) is 17.4 Å². The highest BCUT2D eigenvalue weighted by Gasteiger charge is 2.37. The molecule has 2 unspecified atom stereocenters. The fourth-order valence-electron chi connectivity index (χ4n) is 2.82. The highest BCUT2D eigenvalue weighted by atomic mass is 35.5. The number of ether oxygens (including phenoxy) is 5. The van der Waals surface area contributed by atoms with Gasteiger partial charge < -0.3 is 29.0 Å². The number of esters is 1. The lowest BCUT2D eigenvalue weighted by Crippen LogP contribution is -2.31. The lowest BCUT2D eigenvalue weighted by Gasteiger charge is -2.30. The Bertz CT molecular complexity index is 908.